The van der Waals surface area contributed by atoms with Crippen LogP contribution in [0.2, 0.25) is 0 Å². The van der Waals surface area contributed by atoms with Gasteiger partial charge in [0, 0.05) is 0 Å². The summed E-state index contributed by atoms with van der Waals surface area (Å²) < 4.78 is 9.17. The molecule has 7 heavy (non-hydrogen) atoms. The highest BCUT2D eigenvalue weighted by molar-refractivity contribution is 4.77. The van der Waals surface area contributed by atoms with Crippen LogP contribution in [0.5, 0.6) is 0 Å². The van der Waals surface area contributed by atoms with E-state index in [4.69, 9.17) is 0 Å². The number of ether oxygens (including phenoxy) is 2. The lowest BCUT2D eigenvalue weighted by molar-refractivity contribution is 0.290. The molecule has 0 unspecified atom stereocenters. The SMILES string of the molecule is C1=COC=CO1.N. The predicted molar refractivity (Wildman–Crippen MR) is 25.5 cm³/mol. The highest BCUT2D eigenvalue weighted by Crippen LogP contribution is 1.89. The smallest absolute Gasteiger partial charge is 0.125 e. The van der Waals surface area contributed by atoms with E-state index in [1.165, 1.54) is 25.0 Å². The molecule has 3 heteroatoms. The van der Waals surface area contributed by atoms with Gasteiger partial charge >= 0.3 is 0 Å². The van der Waals surface area contributed by atoms with Crippen molar-refractivity contribution in [2.75, 3.05) is 0 Å². The molecule has 3 N–H and O–H groups in total. The van der Waals surface area contributed by atoms with Crippen LogP contribution >= 0.6 is 0 Å². The average molecular weight is 101 g/mol. The van der Waals surface area contributed by atoms with Gasteiger partial charge in [0.15, 0.2) is 0 Å². The van der Waals surface area contributed by atoms with Gasteiger partial charge in [0.1, 0.15) is 25.0 Å². The molecular formula is C4H7NO2. The van der Waals surface area contributed by atoms with E-state index in [0.29, 0.717) is 0 Å². The monoisotopic (exact) mass is 101 g/mol. The Kier molecular flexibility index (Phi) is 2.79. The summed E-state index contributed by atoms with van der Waals surface area (Å²) in [6, 6.07) is 0. The van der Waals surface area contributed by atoms with Gasteiger partial charge in [-0.3, -0.25) is 0 Å². The molecule has 0 atom stereocenters. The highest BCUT2D eigenvalue weighted by Gasteiger charge is 1.74. The van der Waals surface area contributed by atoms with E-state index < -0.39 is 0 Å². The van der Waals surface area contributed by atoms with E-state index in [9.17, 15) is 0 Å². The van der Waals surface area contributed by atoms with Gasteiger partial charge in [-0.05, 0) is 0 Å². The fraction of sp³-hybridized carbons (Fsp3) is 0. The average Bonchev–Trinajstić information content (AvgIpc) is 1.72. The summed E-state index contributed by atoms with van der Waals surface area (Å²) >= 11 is 0. The third-order valence-corrected chi connectivity index (χ3v) is 0.425. The van der Waals surface area contributed by atoms with Crippen molar-refractivity contribution in [3.8, 4) is 0 Å². The Morgan fingerprint density at radius 2 is 1.00 bits per heavy atom. The van der Waals surface area contributed by atoms with Crippen molar-refractivity contribution in [2.45, 2.75) is 0 Å². The lowest BCUT2D eigenvalue weighted by atomic mass is 10.9. The fourth-order valence-corrected chi connectivity index (χ4v) is 0.219. The van der Waals surface area contributed by atoms with E-state index >= 15 is 0 Å². The van der Waals surface area contributed by atoms with Crippen molar-refractivity contribution in [2.24, 2.45) is 0 Å². The minimum Gasteiger partial charge on any atom is -0.466 e. The lowest BCUT2D eigenvalue weighted by Gasteiger charge is -1.94. The standard InChI is InChI=1S/C4H4O2.H3N/c1-2-6-4-3-5-1;/h1-4H;1H3. The maximum atomic E-state index is 4.58. The molecule has 0 saturated heterocycles. The predicted octanol–water partition coefficient (Wildman–Crippen LogP) is 1.14. The maximum absolute atomic E-state index is 4.58. The Hall–Kier alpha value is -0.960. The van der Waals surface area contributed by atoms with Gasteiger partial charge in [0.05, 0.1) is 0 Å². The Morgan fingerprint density at radius 3 is 1.14 bits per heavy atom. The molecule has 0 aromatic heterocycles. The number of rotatable bonds is 0. The summed E-state index contributed by atoms with van der Waals surface area (Å²) in [5.41, 5.74) is 0. The molecule has 0 amide bonds. The summed E-state index contributed by atoms with van der Waals surface area (Å²) in [5, 5.41) is 0. The zero-order chi connectivity index (χ0) is 4.24. The van der Waals surface area contributed by atoms with Crippen LogP contribution in [-0.2, 0) is 9.47 Å². The molecule has 0 aliphatic carbocycles. The van der Waals surface area contributed by atoms with Crippen molar-refractivity contribution >= 4 is 0 Å². The molecule has 40 valence electrons. The second-order valence-electron chi connectivity index (χ2n) is 0.816. The first-order valence-corrected chi connectivity index (χ1v) is 1.61. The Bertz CT molecular complexity index is 67.7. The van der Waals surface area contributed by atoms with Crippen LogP contribution in [0.1, 0.15) is 0 Å². The molecule has 1 heterocycles. The minimum absolute atomic E-state index is 0. The van der Waals surface area contributed by atoms with E-state index in [-0.39, 0.29) is 6.15 Å². The van der Waals surface area contributed by atoms with Crippen molar-refractivity contribution in [3.05, 3.63) is 25.0 Å². The van der Waals surface area contributed by atoms with Crippen molar-refractivity contribution < 1.29 is 9.47 Å². The van der Waals surface area contributed by atoms with Crippen LogP contribution in [0.25, 0.3) is 0 Å². The van der Waals surface area contributed by atoms with Crippen molar-refractivity contribution in [1.82, 2.24) is 6.15 Å². The molecule has 0 aromatic rings. The van der Waals surface area contributed by atoms with E-state index in [2.05, 4.69) is 9.47 Å². The molecule has 1 aliphatic heterocycles. The normalized spacial score (nSPS) is 13.7. The van der Waals surface area contributed by atoms with Crippen molar-refractivity contribution in [1.29, 1.82) is 0 Å². The van der Waals surface area contributed by atoms with Crippen LogP contribution in [0.3, 0.4) is 0 Å². The van der Waals surface area contributed by atoms with Crippen LogP contribution in [-0.4, -0.2) is 0 Å². The van der Waals surface area contributed by atoms with Gasteiger partial charge in [-0.25, -0.2) is 0 Å². The van der Waals surface area contributed by atoms with Crippen molar-refractivity contribution in [3.63, 3.8) is 0 Å². The second-order valence-corrected chi connectivity index (χ2v) is 0.816. The Morgan fingerprint density at radius 1 is 0.714 bits per heavy atom. The van der Waals surface area contributed by atoms with Gasteiger partial charge in [0.25, 0.3) is 0 Å². The summed E-state index contributed by atoms with van der Waals surface area (Å²) in [7, 11) is 0. The first-order chi connectivity index (χ1) is 3.00. The number of hydrogen-bond donors (Lipinski definition) is 1. The molecule has 0 radical (unpaired) electrons. The topological polar surface area (TPSA) is 53.5 Å². The summed E-state index contributed by atoms with van der Waals surface area (Å²) in [5.74, 6) is 0. The number of hydrogen-bond acceptors (Lipinski definition) is 3. The summed E-state index contributed by atoms with van der Waals surface area (Å²) in [6.45, 7) is 0. The molecule has 1 aliphatic rings. The van der Waals surface area contributed by atoms with E-state index in [1.54, 1.807) is 0 Å². The summed E-state index contributed by atoms with van der Waals surface area (Å²) in [4.78, 5) is 0. The van der Waals surface area contributed by atoms with Gasteiger partial charge in [-0.1, -0.05) is 0 Å². The molecular weight excluding hydrogens is 94.0 g/mol. The van der Waals surface area contributed by atoms with Crippen LogP contribution in [0.15, 0.2) is 25.0 Å². The van der Waals surface area contributed by atoms with Crippen LogP contribution in [0.4, 0.5) is 0 Å². The van der Waals surface area contributed by atoms with Crippen LogP contribution < -0.4 is 6.15 Å². The molecule has 1 rings (SSSR count). The maximum Gasteiger partial charge on any atom is 0.125 e. The van der Waals surface area contributed by atoms with Gasteiger partial charge in [-0.15, -0.1) is 0 Å². The van der Waals surface area contributed by atoms with Gasteiger partial charge in [-0.2, -0.15) is 0 Å². The fourth-order valence-electron chi connectivity index (χ4n) is 0.219. The quantitative estimate of drug-likeness (QED) is 0.497. The van der Waals surface area contributed by atoms with E-state index in [1.807, 2.05) is 0 Å². The molecule has 0 fully saturated rings. The van der Waals surface area contributed by atoms with Gasteiger partial charge < -0.3 is 15.6 Å². The third kappa shape index (κ3) is 1.83. The minimum atomic E-state index is 0. The summed E-state index contributed by atoms with van der Waals surface area (Å²) in [6.07, 6.45) is 5.83. The molecule has 0 spiro atoms. The Balaban J connectivity index is 0.000000360. The third-order valence-electron chi connectivity index (χ3n) is 0.425. The molecule has 0 saturated carbocycles. The first kappa shape index (κ1) is 6.04. The van der Waals surface area contributed by atoms with E-state index in [0.717, 1.165) is 0 Å². The highest BCUT2D eigenvalue weighted by atomic mass is 16.5. The first-order valence-electron chi connectivity index (χ1n) is 1.61. The Labute approximate surface area is 41.8 Å². The lowest BCUT2D eigenvalue weighted by Crippen LogP contribution is -1.74. The molecule has 0 aromatic carbocycles. The molecule has 3 nitrogen and oxygen atoms in total. The molecule has 0 bridgehead atoms. The second kappa shape index (κ2) is 3.24. The van der Waals surface area contributed by atoms with Gasteiger partial charge in [0.2, 0.25) is 0 Å². The zero-order valence-corrected chi connectivity index (χ0v) is 3.83. The zero-order valence-electron chi connectivity index (χ0n) is 3.83. The largest absolute Gasteiger partial charge is 0.466 e. The van der Waals surface area contributed by atoms with Crippen LogP contribution in [0, 0.1) is 0 Å².